The summed E-state index contributed by atoms with van der Waals surface area (Å²) in [6, 6.07) is 6.37. The normalized spacial score (nSPS) is 19.2. The van der Waals surface area contributed by atoms with Gasteiger partial charge in [0.1, 0.15) is 11.5 Å². The highest BCUT2D eigenvalue weighted by Gasteiger charge is 2.32. The highest BCUT2D eigenvalue weighted by molar-refractivity contribution is 7.99. The molecule has 1 atom stereocenters. The Bertz CT molecular complexity index is 936. The molecule has 168 valence electrons. The third-order valence-electron chi connectivity index (χ3n) is 6.74. The molecule has 2 aliphatic rings. The van der Waals surface area contributed by atoms with Crippen molar-refractivity contribution in [2.45, 2.75) is 69.6 Å². The Morgan fingerprint density at radius 3 is 2.61 bits per heavy atom. The van der Waals surface area contributed by atoms with Crippen molar-refractivity contribution in [2.24, 2.45) is 0 Å². The Morgan fingerprint density at radius 1 is 1.13 bits per heavy atom. The molecule has 31 heavy (non-hydrogen) atoms. The van der Waals surface area contributed by atoms with Crippen LogP contribution < -0.4 is 9.47 Å². The average Bonchev–Trinajstić information content (AvgIpc) is 3.53. The van der Waals surface area contributed by atoms with Crippen LogP contribution in [0.3, 0.4) is 0 Å². The van der Waals surface area contributed by atoms with E-state index in [1.807, 2.05) is 23.1 Å². The van der Waals surface area contributed by atoms with Gasteiger partial charge in [0.25, 0.3) is 0 Å². The van der Waals surface area contributed by atoms with Gasteiger partial charge in [-0.15, -0.1) is 0 Å². The molecule has 7 heteroatoms. The molecule has 1 saturated heterocycles. The Balaban J connectivity index is 1.50. The smallest absolute Gasteiger partial charge is 0.233 e. The lowest BCUT2D eigenvalue weighted by Crippen LogP contribution is -2.32. The molecule has 1 aliphatic heterocycles. The molecule has 1 aromatic carbocycles. The summed E-state index contributed by atoms with van der Waals surface area (Å²) < 4.78 is 13.4. The molecule has 0 bridgehead atoms. The molecule has 0 radical (unpaired) electrons. The SMILES string of the molecule is COc1ccc(OC)c(C2CCCN2C(=O)CSc2nc(C)c(C)n2C2CCCC2)c1. The minimum Gasteiger partial charge on any atom is -0.497 e. The number of likely N-dealkylation sites (tertiary alicyclic amines) is 1. The number of carbonyl (C=O) groups is 1. The molecular weight excluding hydrogens is 410 g/mol. The highest BCUT2D eigenvalue weighted by Crippen LogP contribution is 2.40. The molecule has 0 spiro atoms. The van der Waals surface area contributed by atoms with Crippen molar-refractivity contribution in [3.8, 4) is 11.5 Å². The molecule has 2 fully saturated rings. The molecule has 1 amide bonds. The fourth-order valence-electron chi connectivity index (χ4n) is 4.99. The number of aryl methyl sites for hydroxylation is 1. The van der Waals surface area contributed by atoms with E-state index in [-0.39, 0.29) is 11.9 Å². The molecule has 6 nitrogen and oxygen atoms in total. The zero-order chi connectivity index (χ0) is 22.0. The maximum Gasteiger partial charge on any atom is 0.233 e. The summed E-state index contributed by atoms with van der Waals surface area (Å²) >= 11 is 1.58. The first-order valence-electron chi connectivity index (χ1n) is 11.2. The van der Waals surface area contributed by atoms with Crippen LogP contribution in [0.25, 0.3) is 0 Å². The predicted molar refractivity (Wildman–Crippen MR) is 123 cm³/mol. The Labute approximate surface area is 189 Å². The first kappa shape index (κ1) is 22.1. The van der Waals surface area contributed by atoms with Crippen molar-refractivity contribution in [3.63, 3.8) is 0 Å². The average molecular weight is 444 g/mol. The van der Waals surface area contributed by atoms with Crippen LogP contribution in [0.2, 0.25) is 0 Å². The van der Waals surface area contributed by atoms with Crippen molar-refractivity contribution in [1.82, 2.24) is 14.5 Å². The fourth-order valence-corrected chi connectivity index (χ4v) is 6.03. The van der Waals surface area contributed by atoms with Crippen LogP contribution in [0.1, 0.15) is 67.6 Å². The van der Waals surface area contributed by atoms with E-state index in [9.17, 15) is 4.79 Å². The van der Waals surface area contributed by atoms with Gasteiger partial charge in [-0.3, -0.25) is 4.79 Å². The van der Waals surface area contributed by atoms with Gasteiger partial charge < -0.3 is 18.9 Å². The largest absolute Gasteiger partial charge is 0.497 e. The molecule has 1 saturated carbocycles. The summed E-state index contributed by atoms with van der Waals surface area (Å²) in [7, 11) is 3.34. The standard InChI is InChI=1S/C24H33N3O3S/c1-16-17(2)27(18-8-5-6-9-18)24(25-16)31-15-23(28)26-13-7-10-21(26)20-14-19(29-3)11-12-22(20)30-4/h11-12,14,18,21H,5-10,13,15H2,1-4H3. The molecule has 4 rings (SSSR count). The monoisotopic (exact) mass is 443 g/mol. The van der Waals surface area contributed by atoms with E-state index in [4.69, 9.17) is 14.5 Å². The summed E-state index contributed by atoms with van der Waals surface area (Å²) in [5.74, 6) is 2.16. The number of ether oxygens (including phenoxy) is 2. The molecule has 1 aliphatic carbocycles. The second-order valence-corrected chi connectivity index (χ2v) is 9.46. The molecule has 0 N–H and O–H groups in total. The van der Waals surface area contributed by atoms with Crippen LogP contribution in [0.15, 0.2) is 23.4 Å². The Kier molecular flexibility index (Phi) is 6.80. The summed E-state index contributed by atoms with van der Waals surface area (Å²) in [5, 5.41) is 0.991. The number of nitrogens with zero attached hydrogens (tertiary/aromatic N) is 3. The van der Waals surface area contributed by atoms with Gasteiger partial charge in [-0.1, -0.05) is 24.6 Å². The molecule has 1 aromatic heterocycles. The van der Waals surface area contributed by atoms with Crippen LogP contribution in [-0.2, 0) is 4.79 Å². The van der Waals surface area contributed by atoms with E-state index in [2.05, 4.69) is 18.4 Å². The van der Waals surface area contributed by atoms with Gasteiger partial charge in [0.2, 0.25) is 5.91 Å². The number of amides is 1. The molecular formula is C24H33N3O3S. The van der Waals surface area contributed by atoms with Crippen molar-refractivity contribution in [3.05, 3.63) is 35.2 Å². The first-order chi connectivity index (χ1) is 15.0. The fraction of sp³-hybridized carbons (Fsp3) is 0.583. The highest BCUT2D eigenvalue weighted by atomic mass is 32.2. The number of hydrogen-bond donors (Lipinski definition) is 0. The van der Waals surface area contributed by atoms with Crippen LogP contribution in [0, 0.1) is 13.8 Å². The number of carbonyl (C=O) groups excluding carboxylic acids is 1. The number of aromatic nitrogens is 2. The predicted octanol–water partition coefficient (Wildman–Crippen LogP) is 5.09. The Hall–Kier alpha value is -2.15. The van der Waals surface area contributed by atoms with Gasteiger partial charge in [-0.25, -0.2) is 4.98 Å². The van der Waals surface area contributed by atoms with E-state index in [1.54, 1.807) is 26.0 Å². The lowest BCUT2D eigenvalue weighted by atomic mass is 10.0. The lowest BCUT2D eigenvalue weighted by molar-refractivity contribution is -0.129. The number of thioether (sulfide) groups is 1. The number of rotatable bonds is 7. The number of methoxy groups -OCH3 is 2. The van der Waals surface area contributed by atoms with Gasteiger partial charge in [0.15, 0.2) is 5.16 Å². The maximum atomic E-state index is 13.3. The first-order valence-corrected chi connectivity index (χ1v) is 12.2. The third-order valence-corrected chi connectivity index (χ3v) is 7.68. The van der Waals surface area contributed by atoms with E-state index in [0.717, 1.165) is 47.3 Å². The van der Waals surface area contributed by atoms with Gasteiger partial charge in [0.05, 0.1) is 31.7 Å². The van der Waals surface area contributed by atoms with E-state index < -0.39 is 0 Å². The van der Waals surface area contributed by atoms with Crippen LogP contribution in [0.5, 0.6) is 11.5 Å². The topological polar surface area (TPSA) is 56.6 Å². The molecule has 2 aromatic rings. The maximum absolute atomic E-state index is 13.3. The van der Waals surface area contributed by atoms with Crippen LogP contribution >= 0.6 is 11.8 Å². The number of hydrogen-bond acceptors (Lipinski definition) is 5. The minimum atomic E-state index is 0.0243. The van der Waals surface area contributed by atoms with Gasteiger partial charge in [-0.05, 0) is 57.7 Å². The summed E-state index contributed by atoms with van der Waals surface area (Å²) in [5.41, 5.74) is 3.33. The zero-order valence-electron chi connectivity index (χ0n) is 19.0. The minimum absolute atomic E-state index is 0.0243. The molecule has 1 unspecified atom stereocenters. The van der Waals surface area contributed by atoms with Crippen molar-refractivity contribution in [2.75, 3.05) is 26.5 Å². The van der Waals surface area contributed by atoms with E-state index in [1.165, 1.54) is 31.4 Å². The number of benzene rings is 1. The Morgan fingerprint density at radius 2 is 1.90 bits per heavy atom. The van der Waals surface area contributed by atoms with Gasteiger partial charge in [0, 0.05) is 23.8 Å². The van der Waals surface area contributed by atoms with Crippen molar-refractivity contribution >= 4 is 17.7 Å². The van der Waals surface area contributed by atoms with E-state index in [0.29, 0.717) is 11.8 Å². The number of imidazole rings is 1. The summed E-state index contributed by atoms with van der Waals surface area (Å²) in [4.78, 5) is 20.1. The lowest BCUT2D eigenvalue weighted by Gasteiger charge is -2.27. The van der Waals surface area contributed by atoms with Gasteiger partial charge in [-0.2, -0.15) is 0 Å². The quantitative estimate of drug-likeness (QED) is 0.558. The summed E-state index contributed by atoms with van der Waals surface area (Å²) in [6.45, 7) is 5.00. The second-order valence-electron chi connectivity index (χ2n) is 8.52. The zero-order valence-corrected chi connectivity index (χ0v) is 19.8. The van der Waals surface area contributed by atoms with Crippen molar-refractivity contribution in [1.29, 1.82) is 0 Å². The van der Waals surface area contributed by atoms with E-state index >= 15 is 0 Å². The third kappa shape index (κ3) is 4.43. The molecule has 2 heterocycles. The summed E-state index contributed by atoms with van der Waals surface area (Å²) in [6.07, 6.45) is 6.92. The van der Waals surface area contributed by atoms with Crippen molar-refractivity contribution < 1.29 is 14.3 Å². The van der Waals surface area contributed by atoms with Crippen LogP contribution in [0.4, 0.5) is 0 Å². The second kappa shape index (κ2) is 9.55. The van der Waals surface area contributed by atoms with Crippen LogP contribution in [-0.4, -0.2) is 46.9 Å². The van der Waals surface area contributed by atoms with Gasteiger partial charge >= 0.3 is 0 Å².